The van der Waals surface area contributed by atoms with Crippen LogP contribution in [0, 0.1) is 11.7 Å². The number of halogens is 1. The van der Waals surface area contributed by atoms with Gasteiger partial charge < -0.3 is 14.3 Å². The Morgan fingerprint density at radius 1 is 1.00 bits per heavy atom. The van der Waals surface area contributed by atoms with Crippen molar-refractivity contribution in [3.8, 4) is 11.5 Å². The van der Waals surface area contributed by atoms with E-state index >= 15 is 0 Å². The van der Waals surface area contributed by atoms with Gasteiger partial charge in [0.2, 0.25) is 12.0 Å². The van der Waals surface area contributed by atoms with Gasteiger partial charge in [0.25, 0.3) is 5.91 Å². The summed E-state index contributed by atoms with van der Waals surface area (Å²) in [5.74, 6) is -1.34. The second-order valence-electron chi connectivity index (χ2n) is 6.04. The SMILES string of the molecule is COc1ccc(C2=NO[C@@H]3C(=O)N(c4ccc(F)cc4)C(=O)[C@@H]23)cc1OC. The summed E-state index contributed by atoms with van der Waals surface area (Å²) in [5.41, 5.74) is 1.21. The molecule has 1 fully saturated rings. The van der Waals surface area contributed by atoms with Gasteiger partial charge >= 0.3 is 0 Å². The quantitative estimate of drug-likeness (QED) is 0.771. The highest BCUT2D eigenvalue weighted by Crippen LogP contribution is 2.37. The van der Waals surface area contributed by atoms with E-state index in [1.54, 1.807) is 18.2 Å². The third-order valence-corrected chi connectivity index (χ3v) is 4.58. The van der Waals surface area contributed by atoms with Crippen LogP contribution in [0.5, 0.6) is 11.5 Å². The first kappa shape index (κ1) is 17.0. The number of oxime groups is 1. The van der Waals surface area contributed by atoms with E-state index in [-0.39, 0.29) is 5.69 Å². The molecule has 0 aliphatic carbocycles. The molecular formula is C19H15FN2O5. The first-order chi connectivity index (χ1) is 13.0. The van der Waals surface area contributed by atoms with E-state index < -0.39 is 29.7 Å². The predicted molar refractivity (Wildman–Crippen MR) is 93.3 cm³/mol. The maximum atomic E-state index is 13.2. The van der Waals surface area contributed by atoms with Gasteiger partial charge in [-0.05, 0) is 42.5 Å². The average Bonchev–Trinajstić information content (AvgIpc) is 3.23. The van der Waals surface area contributed by atoms with Crippen molar-refractivity contribution in [2.75, 3.05) is 19.1 Å². The highest BCUT2D eigenvalue weighted by molar-refractivity contribution is 6.32. The number of methoxy groups -OCH3 is 2. The Morgan fingerprint density at radius 2 is 1.70 bits per heavy atom. The molecule has 0 bridgehead atoms. The van der Waals surface area contributed by atoms with Crippen LogP contribution in [0.2, 0.25) is 0 Å². The monoisotopic (exact) mass is 370 g/mol. The lowest BCUT2D eigenvalue weighted by Crippen LogP contribution is -2.33. The number of hydrogen-bond acceptors (Lipinski definition) is 6. The van der Waals surface area contributed by atoms with Gasteiger partial charge in [0, 0.05) is 5.56 Å². The summed E-state index contributed by atoms with van der Waals surface area (Å²) in [4.78, 5) is 31.9. The number of anilines is 1. The fourth-order valence-electron chi connectivity index (χ4n) is 3.26. The molecule has 2 atom stereocenters. The highest BCUT2D eigenvalue weighted by Gasteiger charge is 2.56. The third kappa shape index (κ3) is 2.61. The fraction of sp³-hybridized carbons (Fsp3) is 0.211. The number of imide groups is 1. The Hall–Kier alpha value is -3.42. The van der Waals surface area contributed by atoms with E-state index in [1.807, 2.05) is 0 Å². The number of hydrogen-bond donors (Lipinski definition) is 0. The normalized spacial score (nSPS) is 21.0. The van der Waals surface area contributed by atoms with Crippen LogP contribution >= 0.6 is 0 Å². The predicted octanol–water partition coefficient (Wildman–Crippen LogP) is 2.14. The van der Waals surface area contributed by atoms with Gasteiger partial charge in [-0.1, -0.05) is 5.16 Å². The second kappa shape index (κ2) is 6.39. The van der Waals surface area contributed by atoms with Crippen molar-refractivity contribution in [2.45, 2.75) is 6.10 Å². The summed E-state index contributed by atoms with van der Waals surface area (Å²) >= 11 is 0. The van der Waals surface area contributed by atoms with Gasteiger partial charge in [-0.2, -0.15) is 0 Å². The maximum absolute atomic E-state index is 13.2. The Balaban J connectivity index is 1.69. The maximum Gasteiger partial charge on any atom is 0.278 e. The van der Waals surface area contributed by atoms with Crippen molar-refractivity contribution in [3.63, 3.8) is 0 Å². The standard InChI is InChI=1S/C19H15FN2O5/c1-25-13-8-3-10(9-14(13)26-2)16-15-17(27-21-16)19(24)22(18(15)23)12-6-4-11(20)5-7-12/h3-9,15,17H,1-2H3/t15-,17-/m0/s1. The molecule has 0 saturated carbocycles. The van der Waals surface area contributed by atoms with Crippen LogP contribution in [-0.4, -0.2) is 37.8 Å². The number of carbonyl (C=O) groups excluding carboxylic acids is 2. The van der Waals surface area contributed by atoms with Gasteiger partial charge in [0.15, 0.2) is 11.5 Å². The minimum atomic E-state index is -1.04. The van der Waals surface area contributed by atoms with E-state index in [4.69, 9.17) is 14.3 Å². The van der Waals surface area contributed by atoms with Crippen molar-refractivity contribution in [1.82, 2.24) is 0 Å². The molecule has 2 amide bonds. The molecular weight excluding hydrogens is 355 g/mol. The zero-order valence-electron chi connectivity index (χ0n) is 14.5. The van der Waals surface area contributed by atoms with Crippen molar-refractivity contribution >= 4 is 23.2 Å². The molecule has 1 saturated heterocycles. The molecule has 2 aliphatic rings. The van der Waals surface area contributed by atoms with Crippen LogP contribution in [0.4, 0.5) is 10.1 Å². The Morgan fingerprint density at radius 3 is 2.37 bits per heavy atom. The average molecular weight is 370 g/mol. The molecule has 2 heterocycles. The van der Waals surface area contributed by atoms with Crippen LogP contribution < -0.4 is 14.4 Å². The second-order valence-corrected chi connectivity index (χ2v) is 6.04. The van der Waals surface area contributed by atoms with Crippen LogP contribution in [0.25, 0.3) is 0 Å². The zero-order valence-corrected chi connectivity index (χ0v) is 14.5. The molecule has 0 N–H and O–H groups in total. The minimum Gasteiger partial charge on any atom is -0.493 e. The lowest BCUT2D eigenvalue weighted by molar-refractivity contribution is -0.126. The molecule has 2 aliphatic heterocycles. The van der Waals surface area contributed by atoms with Gasteiger partial charge in [0.1, 0.15) is 17.4 Å². The number of nitrogens with zero attached hydrogens (tertiary/aromatic N) is 2. The first-order valence-electron chi connectivity index (χ1n) is 8.14. The summed E-state index contributed by atoms with van der Waals surface area (Å²) < 4.78 is 23.6. The largest absolute Gasteiger partial charge is 0.493 e. The third-order valence-electron chi connectivity index (χ3n) is 4.58. The van der Waals surface area contributed by atoms with Gasteiger partial charge in [-0.25, -0.2) is 9.29 Å². The smallest absolute Gasteiger partial charge is 0.278 e. The minimum absolute atomic E-state index is 0.288. The van der Waals surface area contributed by atoms with Crippen molar-refractivity contribution in [2.24, 2.45) is 11.1 Å². The Bertz CT molecular complexity index is 957. The molecule has 0 unspecified atom stereocenters. The molecule has 0 radical (unpaired) electrons. The molecule has 7 nitrogen and oxygen atoms in total. The van der Waals surface area contributed by atoms with E-state index in [0.717, 1.165) is 4.90 Å². The Labute approximate surface area is 153 Å². The molecule has 2 aromatic carbocycles. The van der Waals surface area contributed by atoms with Crippen molar-refractivity contribution in [3.05, 3.63) is 53.8 Å². The van der Waals surface area contributed by atoms with E-state index in [9.17, 15) is 14.0 Å². The number of rotatable bonds is 4. The van der Waals surface area contributed by atoms with Gasteiger partial charge in [0.05, 0.1) is 19.9 Å². The van der Waals surface area contributed by atoms with Crippen molar-refractivity contribution in [1.29, 1.82) is 0 Å². The van der Waals surface area contributed by atoms with Crippen LogP contribution in [-0.2, 0) is 14.4 Å². The summed E-state index contributed by atoms with van der Waals surface area (Å²) in [6.07, 6.45) is -1.04. The van der Waals surface area contributed by atoms with Gasteiger partial charge in [-0.15, -0.1) is 0 Å². The number of carbonyl (C=O) groups is 2. The first-order valence-corrected chi connectivity index (χ1v) is 8.14. The summed E-state index contributed by atoms with van der Waals surface area (Å²) in [5, 5.41) is 3.96. The molecule has 2 aromatic rings. The molecule has 138 valence electrons. The summed E-state index contributed by atoms with van der Waals surface area (Å²) in [7, 11) is 3.02. The molecule has 4 rings (SSSR count). The number of benzene rings is 2. The van der Waals surface area contributed by atoms with E-state index in [0.29, 0.717) is 22.8 Å². The number of fused-ring (bicyclic) bond motifs is 1. The molecule has 8 heteroatoms. The molecule has 0 aromatic heterocycles. The molecule has 27 heavy (non-hydrogen) atoms. The zero-order chi connectivity index (χ0) is 19.1. The number of ether oxygens (including phenoxy) is 2. The number of amides is 2. The lowest BCUT2D eigenvalue weighted by atomic mass is 9.94. The lowest BCUT2D eigenvalue weighted by Gasteiger charge is -2.15. The van der Waals surface area contributed by atoms with Crippen LogP contribution in [0.15, 0.2) is 47.6 Å². The summed E-state index contributed by atoms with van der Waals surface area (Å²) in [6, 6.07) is 10.2. The van der Waals surface area contributed by atoms with Crippen molar-refractivity contribution < 1.29 is 28.3 Å². The Kier molecular flexibility index (Phi) is 4.02. The van der Waals surface area contributed by atoms with Gasteiger partial charge in [-0.3, -0.25) is 9.59 Å². The van der Waals surface area contributed by atoms with E-state index in [1.165, 1.54) is 38.5 Å². The van der Waals surface area contributed by atoms with Crippen LogP contribution in [0.1, 0.15) is 5.56 Å². The molecule has 0 spiro atoms. The fourth-order valence-corrected chi connectivity index (χ4v) is 3.26. The topological polar surface area (TPSA) is 77.4 Å². The van der Waals surface area contributed by atoms with Crippen LogP contribution in [0.3, 0.4) is 0 Å². The highest BCUT2D eigenvalue weighted by atomic mass is 19.1. The summed E-state index contributed by atoms with van der Waals surface area (Å²) in [6.45, 7) is 0. The van der Waals surface area contributed by atoms with E-state index in [2.05, 4.69) is 5.16 Å².